The number of amides is 3. The highest BCUT2D eigenvalue weighted by Crippen LogP contribution is 2.44. The Hall–Kier alpha value is -5.12. The van der Waals surface area contributed by atoms with E-state index in [4.69, 9.17) is 10.5 Å². The van der Waals surface area contributed by atoms with Gasteiger partial charge in [0.15, 0.2) is 0 Å². The van der Waals surface area contributed by atoms with Gasteiger partial charge in [-0.05, 0) is 55.3 Å². The van der Waals surface area contributed by atoms with Crippen LogP contribution in [0, 0.1) is 0 Å². The van der Waals surface area contributed by atoms with E-state index in [0.29, 0.717) is 37.6 Å². The average Bonchev–Trinajstić information content (AvgIpc) is 3.58. The summed E-state index contributed by atoms with van der Waals surface area (Å²) < 4.78 is 6.29. The van der Waals surface area contributed by atoms with Crippen molar-refractivity contribution in [2.45, 2.75) is 32.4 Å². The molecule has 1 atom stereocenters. The number of urea groups is 1. The van der Waals surface area contributed by atoms with Gasteiger partial charge in [0.1, 0.15) is 17.7 Å². The molecule has 2 fully saturated rings. The summed E-state index contributed by atoms with van der Waals surface area (Å²) in [5.41, 5.74) is 12.9. The van der Waals surface area contributed by atoms with Gasteiger partial charge in [-0.1, -0.05) is 12.1 Å². The van der Waals surface area contributed by atoms with Gasteiger partial charge in [0, 0.05) is 72.9 Å². The molecule has 42 heavy (non-hydrogen) atoms. The van der Waals surface area contributed by atoms with Crippen molar-refractivity contribution in [1.29, 1.82) is 0 Å². The van der Waals surface area contributed by atoms with Gasteiger partial charge < -0.3 is 25.6 Å². The third-order valence-corrected chi connectivity index (χ3v) is 8.05. The second-order valence-electron chi connectivity index (χ2n) is 10.9. The van der Waals surface area contributed by atoms with E-state index in [1.807, 2.05) is 77.5 Å². The number of nitrogens with one attached hydrogen (secondary N) is 1. The van der Waals surface area contributed by atoms with E-state index < -0.39 is 0 Å². The number of fused-ring (bicyclic) bond motifs is 3. The summed E-state index contributed by atoms with van der Waals surface area (Å²) in [6.45, 7) is 4.45. The fourth-order valence-corrected chi connectivity index (χ4v) is 5.95. The van der Waals surface area contributed by atoms with Crippen LogP contribution in [0.5, 0.6) is 5.75 Å². The lowest BCUT2D eigenvalue weighted by Gasteiger charge is -2.28. The van der Waals surface area contributed by atoms with Gasteiger partial charge in [0.05, 0.1) is 23.8 Å². The Labute approximate surface area is 243 Å². The molecule has 2 aromatic heterocycles. The largest absolute Gasteiger partial charge is 0.485 e. The lowest BCUT2D eigenvalue weighted by atomic mass is 9.94. The Morgan fingerprint density at radius 3 is 2.69 bits per heavy atom. The Morgan fingerprint density at radius 2 is 1.86 bits per heavy atom. The van der Waals surface area contributed by atoms with Crippen molar-refractivity contribution < 1.29 is 14.3 Å². The summed E-state index contributed by atoms with van der Waals surface area (Å²) >= 11 is 0. The molecule has 3 aliphatic heterocycles. The monoisotopic (exact) mass is 561 g/mol. The molecule has 10 heteroatoms. The van der Waals surface area contributed by atoms with Crippen LogP contribution in [0.3, 0.4) is 0 Å². The summed E-state index contributed by atoms with van der Waals surface area (Å²) in [5.74, 6) is 1.56. The standard InChI is InChI=1S/C32H31N7O3/c1-20-27-15-30(35-18-28(27)26-8-7-24(14-29(26)42-20)38-9-3-6-31(38)40)36-23-13-25(17-34-16-23)39-11-10-37(32(39)41)19-21-4-2-5-22(33)12-21/h2,4-5,7-8,12-18,20H,3,6,9-11,19,33H2,1H3,(H,35,36). The minimum atomic E-state index is -0.196. The molecular weight excluding hydrogens is 530 g/mol. The number of aromatic nitrogens is 2. The SMILES string of the molecule is CC1Oc2cc(N3CCCC3=O)ccc2-c2cnc(Nc3cncc(N4CCN(Cc5cccc(N)c5)C4=O)c3)cc21. The van der Waals surface area contributed by atoms with Gasteiger partial charge in [0.25, 0.3) is 0 Å². The molecular formula is C32H31N7O3. The normalized spacial score (nSPS) is 17.7. The van der Waals surface area contributed by atoms with Gasteiger partial charge in [-0.2, -0.15) is 0 Å². The molecule has 3 amide bonds. The van der Waals surface area contributed by atoms with E-state index in [-0.39, 0.29) is 18.0 Å². The number of carbonyl (C=O) groups excluding carboxylic acids is 2. The van der Waals surface area contributed by atoms with Crippen LogP contribution in [0.1, 0.15) is 37.0 Å². The number of hydrogen-bond acceptors (Lipinski definition) is 7. The third-order valence-electron chi connectivity index (χ3n) is 8.05. The van der Waals surface area contributed by atoms with E-state index in [2.05, 4.69) is 15.3 Å². The maximum absolute atomic E-state index is 13.2. The lowest BCUT2D eigenvalue weighted by molar-refractivity contribution is -0.117. The molecule has 4 aromatic rings. The van der Waals surface area contributed by atoms with Crippen molar-refractivity contribution in [3.63, 3.8) is 0 Å². The van der Waals surface area contributed by atoms with Crippen molar-refractivity contribution in [2.75, 3.05) is 40.5 Å². The van der Waals surface area contributed by atoms with E-state index in [9.17, 15) is 9.59 Å². The van der Waals surface area contributed by atoms with Crippen LogP contribution >= 0.6 is 0 Å². The van der Waals surface area contributed by atoms with Crippen molar-refractivity contribution in [1.82, 2.24) is 14.9 Å². The molecule has 2 aromatic carbocycles. The first kappa shape index (κ1) is 25.8. The number of benzene rings is 2. The van der Waals surface area contributed by atoms with Gasteiger partial charge in [-0.3, -0.25) is 14.7 Å². The molecule has 1 unspecified atom stereocenters. The van der Waals surface area contributed by atoms with Crippen LogP contribution < -0.4 is 25.6 Å². The van der Waals surface area contributed by atoms with E-state index in [1.54, 1.807) is 17.3 Å². The molecule has 0 radical (unpaired) electrons. The molecule has 10 nitrogen and oxygen atoms in total. The highest BCUT2D eigenvalue weighted by molar-refractivity contribution is 5.96. The molecule has 2 saturated heterocycles. The number of nitrogens with zero attached hydrogens (tertiary/aromatic N) is 5. The first-order valence-electron chi connectivity index (χ1n) is 14.2. The number of anilines is 5. The number of nitrogens with two attached hydrogens (primary N) is 1. The predicted molar refractivity (Wildman–Crippen MR) is 162 cm³/mol. The minimum Gasteiger partial charge on any atom is -0.485 e. The number of carbonyl (C=O) groups is 2. The van der Waals surface area contributed by atoms with E-state index in [0.717, 1.165) is 58.0 Å². The van der Waals surface area contributed by atoms with E-state index >= 15 is 0 Å². The Morgan fingerprint density at radius 1 is 0.952 bits per heavy atom. The van der Waals surface area contributed by atoms with Crippen LogP contribution in [-0.4, -0.2) is 46.4 Å². The maximum atomic E-state index is 13.2. The molecule has 7 rings (SSSR count). The summed E-state index contributed by atoms with van der Waals surface area (Å²) in [6.07, 6.45) is 6.54. The molecule has 3 N–H and O–H groups in total. The Balaban J connectivity index is 1.08. The second-order valence-corrected chi connectivity index (χ2v) is 10.9. The summed E-state index contributed by atoms with van der Waals surface area (Å²) in [5, 5.41) is 3.35. The minimum absolute atomic E-state index is 0.0647. The Bertz CT molecular complexity index is 1710. The van der Waals surface area contributed by atoms with Crippen molar-refractivity contribution >= 4 is 40.5 Å². The smallest absolute Gasteiger partial charge is 0.324 e. The second kappa shape index (κ2) is 10.4. The highest BCUT2D eigenvalue weighted by atomic mass is 16.5. The quantitative estimate of drug-likeness (QED) is 0.299. The summed E-state index contributed by atoms with van der Waals surface area (Å²) in [6, 6.07) is 17.4. The number of rotatable bonds is 6. The predicted octanol–water partition coefficient (Wildman–Crippen LogP) is 5.49. The summed E-state index contributed by atoms with van der Waals surface area (Å²) in [4.78, 5) is 39.9. The summed E-state index contributed by atoms with van der Waals surface area (Å²) in [7, 11) is 0. The zero-order chi connectivity index (χ0) is 28.8. The molecule has 3 aliphatic rings. The van der Waals surface area contributed by atoms with Crippen LogP contribution in [0.15, 0.2) is 73.2 Å². The highest BCUT2D eigenvalue weighted by Gasteiger charge is 2.30. The number of ether oxygens (including phenoxy) is 1. The Kier molecular flexibility index (Phi) is 6.38. The van der Waals surface area contributed by atoms with Crippen LogP contribution in [0.25, 0.3) is 11.1 Å². The zero-order valence-corrected chi connectivity index (χ0v) is 23.3. The van der Waals surface area contributed by atoms with Crippen molar-refractivity contribution in [2.24, 2.45) is 0 Å². The van der Waals surface area contributed by atoms with Gasteiger partial charge >= 0.3 is 6.03 Å². The van der Waals surface area contributed by atoms with Gasteiger partial charge in [-0.25, -0.2) is 9.78 Å². The molecule has 0 bridgehead atoms. The lowest BCUT2D eigenvalue weighted by Crippen LogP contribution is -2.31. The van der Waals surface area contributed by atoms with E-state index in [1.165, 1.54) is 0 Å². The molecule has 212 valence electrons. The average molecular weight is 562 g/mol. The first-order chi connectivity index (χ1) is 20.4. The van der Waals surface area contributed by atoms with Crippen molar-refractivity contribution in [3.05, 3.63) is 84.3 Å². The zero-order valence-electron chi connectivity index (χ0n) is 23.3. The van der Waals surface area contributed by atoms with Gasteiger partial charge in [0.2, 0.25) is 5.91 Å². The van der Waals surface area contributed by atoms with Gasteiger partial charge in [-0.15, -0.1) is 0 Å². The fraction of sp³-hybridized carbons (Fsp3) is 0.250. The number of hydrogen-bond donors (Lipinski definition) is 2. The van der Waals surface area contributed by atoms with Crippen LogP contribution in [-0.2, 0) is 11.3 Å². The third kappa shape index (κ3) is 4.74. The molecule has 0 saturated carbocycles. The van der Waals surface area contributed by atoms with Crippen LogP contribution in [0.2, 0.25) is 0 Å². The molecule has 5 heterocycles. The fourth-order valence-electron chi connectivity index (χ4n) is 5.95. The molecule has 0 spiro atoms. The number of nitrogen functional groups attached to an aromatic ring is 1. The topological polar surface area (TPSA) is 117 Å². The first-order valence-corrected chi connectivity index (χ1v) is 14.2. The number of pyridine rings is 2. The maximum Gasteiger partial charge on any atom is 0.324 e. The van der Waals surface area contributed by atoms with Crippen LogP contribution in [0.4, 0.5) is 33.4 Å². The van der Waals surface area contributed by atoms with Crippen molar-refractivity contribution in [3.8, 4) is 16.9 Å². The molecule has 0 aliphatic carbocycles.